The van der Waals surface area contributed by atoms with E-state index in [-0.39, 0.29) is 6.10 Å². The summed E-state index contributed by atoms with van der Waals surface area (Å²) in [5.74, 6) is 3.48. The van der Waals surface area contributed by atoms with Gasteiger partial charge in [-0.05, 0) is 79.6 Å². The van der Waals surface area contributed by atoms with Crippen molar-refractivity contribution in [2.45, 2.75) is 37.7 Å². The minimum absolute atomic E-state index is 0.0309. The number of rotatable bonds is 3. The average molecular weight is 392 g/mol. The summed E-state index contributed by atoms with van der Waals surface area (Å²) in [6, 6.07) is 10.3. The van der Waals surface area contributed by atoms with E-state index in [2.05, 4.69) is 16.3 Å². The third kappa shape index (κ3) is 3.21. The molecule has 1 N–H and O–H groups in total. The average Bonchev–Trinajstić information content (AvgIpc) is 3.60. The number of nitrogens with zero attached hydrogens (tertiary/aromatic N) is 1. The van der Waals surface area contributed by atoms with Gasteiger partial charge in [0.1, 0.15) is 19.0 Å². The van der Waals surface area contributed by atoms with Gasteiger partial charge >= 0.3 is 0 Å². The van der Waals surface area contributed by atoms with Gasteiger partial charge in [-0.2, -0.15) is 0 Å². The molecule has 152 valence electrons. The standard InChI is InChI=1S/C24H28N2O3/c1-2-4-21-20(3-1)28-15-18(29-21)14-26-11-12-27-22-13-17-7-9-25-10-8-19(17)23(24(22)26)16-5-6-16/h1-4,13,16,18,25H,5-12,14-15H2/t18-/m1/s1. The molecule has 0 aromatic heterocycles. The molecule has 3 aliphatic heterocycles. The quantitative estimate of drug-likeness (QED) is 0.868. The second-order valence-electron chi connectivity index (χ2n) is 8.59. The lowest BCUT2D eigenvalue weighted by Gasteiger charge is -2.38. The summed E-state index contributed by atoms with van der Waals surface area (Å²) in [4.78, 5) is 2.51. The second-order valence-corrected chi connectivity index (χ2v) is 8.59. The molecule has 0 saturated heterocycles. The van der Waals surface area contributed by atoms with Crippen molar-refractivity contribution in [2.24, 2.45) is 0 Å². The van der Waals surface area contributed by atoms with Crippen molar-refractivity contribution >= 4 is 5.69 Å². The van der Waals surface area contributed by atoms with Crippen LogP contribution in [0, 0.1) is 0 Å². The van der Waals surface area contributed by atoms with Gasteiger partial charge in [0.2, 0.25) is 0 Å². The first kappa shape index (κ1) is 17.5. The Labute approximate surface area is 171 Å². The molecule has 29 heavy (non-hydrogen) atoms. The highest BCUT2D eigenvalue weighted by molar-refractivity contribution is 5.71. The van der Waals surface area contributed by atoms with E-state index in [9.17, 15) is 0 Å². The number of nitrogens with one attached hydrogen (secondary N) is 1. The minimum atomic E-state index is 0.0309. The molecule has 2 aromatic rings. The smallest absolute Gasteiger partial charge is 0.161 e. The van der Waals surface area contributed by atoms with Crippen LogP contribution in [-0.2, 0) is 12.8 Å². The molecule has 1 saturated carbocycles. The van der Waals surface area contributed by atoms with Gasteiger partial charge in [0.05, 0.1) is 18.8 Å². The molecule has 1 aliphatic carbocycles. The van der Waals surface area contributed by atoms with Gasteiger partial charge in [-0.15, -0.1) is 0 Å². The van der Waals surface area contributed by atoms with Crippen LogP contribution >= 0.6 is 0 Å². The lowest BCUT2D eigenvalue weighted by atomic mass is 9.91. The normalized spacial score (nSPS) is 22.9. The molecule has 1 fully saturated rings. The fourth-order valence-corrected chi connectivity index (χ4v) is 5.05. The van der Waals surface area contributed by atoms with E-state index in [1.807, 2.05) is 24.3 Å². The van der Waals surface area contributed by atoms with E-state index in [1.54, 1.807) is 11.1 Å². The van der Waals surface area contributed by atoms with Crippen LogP contribution in [0.5, 0.6) is 17.2 Å². The van der Waals surface area contributed by atoms with Gasteiger partial charge in [0, 0.05) is 0 Å². The monoisotopic (exact) mass is 392 g/mol. The molecule has 0 bridgehead atoms. The Hall–Kier alpha value is -2.40. The Morgan fingerprint density at radius 3 is 2.76 bits per heavy atom. The number of anilines is 1. The molecule has 2 aromatic carbocycles. The van der Waals surface area contributed by atoms with Gasteiger partial charge in [-0.1, -0.05) is 12.1 Å². The maximum absolute atomic E-state index is 6.28. The molecule has 5 heteroatoms. The van der Waals surface area contributed by atoms with Crippen LogP contribution in [0.25, 0.3) is 0 Å². The van der Waals surface area contributed by atoms with Crippen molar-refractivity contribution in [1.29, 1.82) is 0 Å². The number of ether oxygens (including phenoxy) is 3. The van der Waals surface area contributed by atoms with Gasteiger partial charge in [-0.3, -0.25) is 0 Å². The highest BCUT2D eigenvalue weighted by atomic mass is 16.6. The Morgan fingerprint density at radius 2 is 1.86 bits per heavy atom. The number of fused-ring (bicyclic) bond motifs is 3. The van der Waals surface area contributed by atoms with E-state index < -0.39 is 0 Å². The lowest BCUT2D eigenvalue weighted by Crippen LogP contribution is -2.44. The predicted molar refractivity (Wildman–Crippen MR) is 113 cm³/mol. The molecule has 0 radical (unpaired) electrons. The Morgan fingerprint density at radius 1 is 1.00 bits per heavy atom. The molecule has 6 rings (SSSR count). The highest BCUT2D eigenvalue weighted by Crippen LogP contribution is 2.51. The topological polar surface area (TPSA) is 43.0 Å². The Kier molecular flexibility index (Phi) is 4.29. The van der Waals surface area contributed by atoms with Gasteiger partial charge in [0.25, 0.3) is 0 Å². The maximum atomic E-state index is 6.28. The van der Waals surface area contributed by atoms with E-state index in [1.165, 1.54) is 24.1 Å². The minimum Gasteiger partial charge on any atom is -0.490 e. The summed E-state index contributed by atoms with van der Waals surface area (Å²) >= 11 is 0. The zero-order valence-corrected chi connectivity index (χ0v) is 16.8. The lowest BCUT2D eigenvalue weighted by molar-refractivity contribution is 0.0939. The molecule has 5 nitrogen and oxygen atoms in total. The zero-order valence-electron chi connectivity index (χ0n) is 16.8. The van der Waals surface area contributed by atoms with Gasteiger partial charge < -0.3 is 24.4 Å². The number of benzene rings is 2. The first-order valence-corrected chi connectivity index (χ1v) is 11.0. The van der Waals surface area contributed by atoms with Crippen molar-refractivity contribution in [3.05, 3.63) is 47.0 Å². The van der Waals surface area contributed by atoms with E-state index in [4.69, 9.17) is 14.2 Å². The van der Waals surface area contributed by atoms with Gasteiger partial charge in [0.15, 0.2) is 17.6 Å². The Balaban J connectivity index is 1.34. The predicted octanol–water partition coefficient (Wildman–Crippen LogP) is 3.29. The molecular weight excluding hydrogens is 364 g/mol. The molecule has 1 atom stereocenters. The van der Waals surface area contributed by atoms with Gasteiger partial charge in [-0.25, -0.2) is 0 Å². The van der Waals surface area contributed by atoms with Crippen LogP contribution in [0.15, 0.2) is 30.3 Å². The van der Waals surface area contributed by atoms with Crippen LogP contribution in [0.3, 0.4) is 0 Å². The maximum Gasteiger partial charge on any atom is 0.161 e. The third-order valence-electron chi connectivity index (χ3n) is 6.54. The molecular formula is C24H28N2O3. The fourth-order valence-electron chi connectivity index (χ4n) is 5.05. The number of hydrogen-bond donors (Lipinski definition) is 1. The van der Waals surface area contributed by atoms with Crippen LogP contribution < -0.4 is 24.4 Å². The van der Waals surface area contributed by atoms with Crippen LogP contribution in [0.2, 0.25) is 0 Å². The SMILES string of the molecule is c1ccc2c(c1)OC[C@@H](CN1CCOc3cc4c(c(C5CC5)c31)CCNCC4)O2. The first-order valence-electron chi connectivity index (χ1n) is 11.0. The third-order valence-corrected chi connectivity index (χ3v) is 6.54. The first-order chi connectivity index (χ1) is 14.4. The van der Waals surface area contributed by atoms with Crippen LogP contribution in [0.1, 0.15) is 35.4 Å². The van der Waals surface area contributed by atoms with E-state index >= 15 is 0 Å². The van der Waals surface area contributed by atoms with Crippen molar-refractivity contribution in [3.8, 4) is 17.2 Å². The van der Waals surface area contributed by atoms with Crippen molar-refractivity contribution < 1.29 is 14.2 Å². The summed E-state index contributed by atoms with van der Waals surface area (Å²) in [7, 11) is 0. The molecule has 0 spiro atoms. The van der Waals surface area contributed by atoms with Crippen molar-refractivity contribution in [3.63, 3.8) is 0 Å². The summed E-state index contributed by atoms with van der Waals surface area (Å²) in [5, 5.41) is 3.57. The van der Waals surface area contributed by atoms with Crippen LogP contribution in [-0.4, -0.2) is 45.5 Å². The number of hydrogen-bond acceptors (Lipinski definition) is 5. The summed E-state index contributed by atoms with van der Waals surface area (Å²) in [6.45, 7) is 5.21. The largest absolute Gasteiger partial charge is 0.490 e. The number of para-hydroxylation sites is 2. The molecule has 3 heterocycles. The Bertz CT molecular complexity index is 925. The van der Waals surface area contributed by atoms with E-state index in [0.717, 1.165) is 62.9 Å². The van der Waals surface area contributed by atoms with Crippen LogP contribution in [0.4, 0.5) is 5.69 Å². The summed E-state index contributed by atoms with van der Waals surface area (Å²) < 4.78 is 18.4. The molecule has 0 unspecified atom stereocenters. The van der Waals surface area contributed by atoms with Crippen molar-refractivity contribution in [1.82, 2.24) is 5.32 Å². The fraction of sp³-hybridized carbons (Fsp3) is 0.500. The summed E-state index contributed by atoms with van der Waals surface area (Å²) in [6.07, 6.45) is 4.87. The molecule has 0 amide bonds. The highest BCUT2D eigenvalue weighted by Gasteiger charge is 2.36. The van der Waals surface area contributed by atoms with Crippen molar-refractivity contribution in [2.75, 3.05) is 44.3 Å². The van der Waals surface area contributed by atoms with E-state index in [0.29, 0.717) is 12.5 Å². The summed E-state index contributed by atoms with van der Waals surface area (Å²) in [5.41, 5.74) is 5.97. The zero-order chi connectivity index (χ0) is 19.2. The molecule has 4 aliphatic rings. The second kappa shape index (κ2) is 7.13.